The van der Waals surface area contributed by atoms with E-state index in [2.05, 4.69) is 10.6 Å². The van der Waals surface area contributed by atoms with Crippen LogP contribution in [0, 0.1) is 27.7 Å². The molecule has 1 aliphatic heterocycles. The molecule has 1 amide bonds. The van der Waals surface area contributed by atoms with Crippen molar-refractivity contribution in [2.24, 2.45) is 5.92 Å². The van der Waals surface area contributed by atoms with E-state index in [4.69, 9.17) is 0 Å². The van der Waals surface area contributed by atoms with Gasteiger partial charge in [-0.1, -0.05) is 0 Å². The number of anilines is 1. The maximum atomic E-state index is 13.5. The number of nitro groups is 1. The molecule has 0 bridgehead atoms. The van der Waals surface area contributed by atoms with Gasteiger partial charge in [-0.25, -0.2) is 4.39 Å². The van der Waals surface area contributed by atoms with Crippen LogP contribution in [0.3, 0.4) is 0 Å². The Morgan fingerprint density at radius 3 is 2.81 bits per heavy atom. The standard InChI is InChI=1S/C13H15F2N3O3/c14-9-5-10(15)12(18(20)21)6-11(9)17-13(19)2-1-8-3-4-16-7-8/h5-6,8,16H,1-4,7H2,(H,17,19). The molecule has 0 saturated carbocycles. The number of nitro benzene ring substituents is 1. The van der Waals surface area contributed by atoms with Crippen LogP contribution in [0.25, 0.3) is 0 Å². The molecular weight excluding hydrogens is 284 g/mol. The monoisotopic (exact) mass is 299 g/mol. The summed E-state index contributed by atoms with van der Waals surface area (Å²) in [7, 11) is 0. The van der Waals surface area contributed by atoms with Crippen molar-refractivity contribution in [2.45, 2.75) is 19.3 Å². The molecular formula is C13H15F2N3O3. The number of carbonyl (C=O) groups excluding carboxylic acids is 1. The van der Waals surface area contributed by atoms with Gasteiger partial charge in [0.15, 0.2) is 0 Å². The summed E-state index contributed by atoms with van der Waals surface area (Å²) >= 11 is 0. The van der Waals surface area contributed by atoms with Gasteiger partial charge in [0.1, 0.15) is 5.82 Å². The van der Waals surface area contributed by atoms with E-state index in [1.165, 1.54) is 0 Å². The first-order valence-corrected chi connectivity index (χ1v) is 6.61. The molecule has 1 unspecified atom stereocenters. The molecule has 0 aromatic heterocycles. The van der Waals surface area contributed by atoms with Crippen LogP contribution in [0.1, 0.15) is 19.3 Å². The van der Waals surface area contributed by atoms with Gasteiger partial charge in [-0.2, -0.15) is 4.39 Å². The van der Waals surface area contributed by atoms with E-state index in [-0.39, 0.29) is 12.1 Å². The molecule has 2 N–H and O–H groups in total. The number of rotatable bonds is 5. The fourth-order valence-electron chi connectivity index (χ4n) is 2.28. The topological polar surface area (TPSA) is 84.3 Å². The van der Waals surface area contributed by atoms with Crippen LogP contribution in [-0.4, -0.2) is 23.9 Å². The van der Waals surface area contributed by atoms with E-state index < -0.39 is 28.2 Å². The summed E-state index contributed by atoms with van der Waals surface area (Å²) in [5.74, 6) is -2.34. The van der Waals surface area contributed by atoms with E-state index in [1.807, 2.05) is 0 Å². The summed E-state index contributed by atoms with van der Waals surface area (Å²) in [6, 6.07) is 1.09. The first kappa shape index (κ1) is 15.3. The smallest absolute Gasteiger partial charge is 0.307 e. The van der Waals surface area contributed by atoms with E-state index in [0.29, 0.717) is 24.5 Å². The Hall–Kier alpha value is -2.09. The molecule has 2 rings (SSSR count). The summed E-state index contributed by atoms with van der Waals surface area (Å²) < 4.78 is 26.7. The van der Waals surface area contributed by atoms with E-state index in [1.54, 1.807) is 0 Å². The molecule has 8 heteroatoms. The lowest BCUT2D eigenvalue weighted by atomic mass is 10.0. The third-order valence-electron chi connectivity index (χ3n) is 3.45. The van der Waals surface area contributed by atoms with E-state index in [9.17, 15) is 23.7 Å². The maximum absolute atomic E-state index is 13.5. The lowest BCUT2D eigenvalue weighted by molar-refractivity contribution is -0.387. The fraction of sp³-hybridized carbons (Fsp3) is 0.462. The Labute approximate surface area is 119 Å². The average Bonchev–Trinajstić information content (AvgIpc) is 2.92. The number of halogens is 2. The number of amides is 1. The SMILES string of the molecule is O=C(CCC1CCNC1)Nc1cc([N+](=O)[O-])c(F)cc1F. The molecule has 114 valence electrons. The normalized spacial score (nSPS) is 17.7. The second-order valence-corrected chi connectivity index (χ2v) is 4.99. The Kier molecular flexibility index (Phi) is 4.79. The first-order valence-electron chi connectivity index (χ1n) is 6.61. The Morgan fingerprint density at radius 2 is 2.19 bits per heavy atom. The molecule has 0 radical (unpaired) electrons. The highest BCUT2D eigenvalue weighted by Crippen LogP contribution is 2.25. The molecule has 1 heterocycles. The predicted octanol–water partition coefficient (Wildman–Crippen LogP) is 2.20. The van der Waals surface area contributed by atoms with Crippen LogP contribution >= 0.6 is 0 Å². The molecule has 1 aromatic carbocycles. The molecule has 21 heavy (non-hydrogen) atoms. The second-order valence-electron chi connectivity index (χ2n) is 4.99. The van der Waals surface area contributed by atoms with Crippen molar-refractivity contribution in [1.82, 2.24) is 5.32 Å². The van der Waals surface area contributed by atoms with Gasteiger partial charge < -0.3 is 10.6 Å². The first-order chi connectivity index (χ1) is 9.97. The van der Waals surface area contributed by atoms with Crippen LogP contribution < -0.4 is 10.6 Å². The van der Waals surface area contributed by atoms with Crippen LogP contribution in [0.2, 0.25) is 0 Å². The predicted molar refractivity (Wildman–Crippen MR) is 71.9 cm³/mol. The van der Waals surface area contributed by atoms with Crippen molar-refractivity contribution in [3.8, 4) is 0 Å². The fourth-order valence-corrected chi connectivity index (χ4v) is 2.28. The Morgan fingerprint density at radius 1 is 1.43 bits per heavy atom. The quantitative estimate of drug-likeness (QED) is 0.645. The minimum Gasteiger partial charge on any atom is -0.323 e. The van der Waals surface area contributed by atoms with Gasteiger partial charge in [-0.05, 0) is 31.8 Å². The number of hydrogen-bond acceptors (Lipinski definition) is 4. The van der Waals surface area contributed by atoms with Gasteiger partial charge >= 0.3 is 5.69 Å². The van der Waals surface area contributed by atoms with Crippen LogP contribution in [0.15, 0.2) is 12.1 Å². The van der Waals surface area contributed by atoms with Gasteiger partial charge in [-0.15, -0.1) is 0 Å². The number of nitrogens with one attached hydrogen (secondary N) is 2. The zero-order valence-electron chi connectivity index (χ0n) is 11.2. The molecule has 6 nitrogen and oxygen atoms in total. The van der Waals surface area contributed by atoms with Gasteiger partial charge in [0.05, 0.1) is 10.6 Å². The summed E-state index contributed by atoms with van der Waals surface area (Å²) in [5.41, 5.74) is -1.25. The van der Waals surface area contributed by atoms with Crippen molar-refractivity contribution >= 4 is 17.3 Å². The average molecular weight is 299 g/mol. The van der Waals surface area contributed by atoms with Crippen molar-refractivity contribution in [3.05, 3.63) is 33.9 Å². The summed E-state index contributed by atoms with van der Waals surface area (Å²) in [4.78, 5) is 21.4. The van der Waals surface area contributed by atoms with Crippen LogP contribution in [-0.2, 0) is 4.79 Å². The number of nitrogens with zero attached hydrogens (tertiary/aromatic N) is 1. The minimum absolute atomic E-state index is 0.191. The highest BCUT2D eigenvalue weighted by molar-refractivity contribution is 5.91. The molecule has 1 atom stereocenters. The van der Waals surface area contributed by atoms with Gasteiger partial charge in [0.25, 0.3) is 0 Å². The largest absolute Gasteiger partial charge is 0.323 e. The third kappa shape index (κ3) is 3.94. The molecule has 0 spiro atoms. The Balaban J connectivity index is 1.99. The molecule has 1 fully saturated rings. The van der Waals surface area contributed by atoms with Crippen molar-refractivity contribution in [2.75, 3.05) is 18.4 Å². The van der Waals surface area contributed by atoms with Crippen molar-refractivity contribution in [3.63, 3.8) is 0 Å². The summed E-state index contributed by atoms with van der Waals surface area (Å²) in [5, 5.41) is 16.0. The Bertz CT molecular complexity index is 560. The number of hydrogen-bond donors (Lipinski definition) is 2. The van der Waals surface area contributed by atoms with Crippen molar-refractivity contribution < 1.29 is 18.5 Å². The lowest BCUT2D eigenvalue weighted by Gasteiger charge is -2.09. The van der Waals surface area contributed by atoms with Crippen LogP contribution in [0.4, 0.5) is 20.2 Å². The lowest BCUT2D eigenvalue weighted by Crippen LogP contribution is -2.16. The molecule has 1 saturated heterocycles. The van der Waals surface area contributed by atoms with Gasteiger partial charge in [0, 0.05) is 18.6 Å². The summed E-state index contributed by atoms with van der Waals surface area (Å²) in [6.07, 6.45) is 1.84. The number of carbonyl (C=O) groups is 1. The van der Waals surface area contributed by atoms with Crippen molar-refractivity contribution in [1.29, 1.82) is 0 Å². The van der Waals surface area contributed by atoms with Crippen LogP contribution in [0.5, 0.6) is 0 Å². The minimum atomic E-state index is -1.27. The molecule has 1 aromatic rings. The zero-order chi connectivity index (χ0) is 15.4. The van der Waals surface area contributed by atoms with Gasteiger partial charge in [0.2, 0.25) is 11.7 Å². The van der Waals surface area contributed by atoms with E-state index in [0.717, 1.165) is 19.5 Å². The second kappa shape index (κ2) is 6.57. The molecule has 0 aliphatic carbocycles. The highest BCUT2D eigenvalue weighted by atomic mass is 19.1. The third-order valence-corrected chi connectivity index (χ3v) is 3.45. The molecule has 1 aliphatic rings. The highest BCUT2D eigenvalue weighted by Gasteiger charge is 2.20. The maximum Gasteiger partial charge on any atom is 0.307 e. The van der Waals surface area contributed by atoms with Gasteiger partial charge in [-0.3, -0.25) is 14.9 Å². The zero-order valence-corrected chi connectivity index (χ0v) is 11.2. The van der Waals surface area contributed by atoms with E-state index >= 15 is 0 Å². The summed E-state index contributed by atoms with van der Waals surface area (Å²) in [6.45, 7) is 1.77. The number of benzene rings is 1.